The third-order valence-corrected chi connectivity index (χ3v) is 7.51. The summed E-state index contributed by atoms with van der Waals surface area (Å²) < 4.78 is 5.50. The number of carbonyl (C=O) groups excluding carboxylic acids is 3. The summed E-state index contributed by atoms with van der Waals surface area (Å²) in [5, 5.41) is 9.84. The summed E-state index contributed by atoms with van der Waals surface area (Å²) in [6.07, 6.45) is 2.34. The SMILES string of the molecule is CC(=O)[As]CCNC(=O)c1cc(Nc2ccccc2)cc(-c2ccnc(NC(=O)C3CCOC3)c2)c1. The van der Waals surface area contributed by atoms with Crippen LogP contribution in [0, 0.1) is 5.92 Å². The van der Waals surface area contributed by atoms with Gasteiger partial charge in [0.15, 0.2) is 0 Å². The van der Waals surface area contributed by atoms with Gasteiger partial charge in [-0.1, -0.05) is 0 Å². The molecule has 8 nitrogen and oxygen atoms in total. The predicted molar refractivity (Wildman–Crippen MR) is 141 cm³/mol. The summed E-state index contributed by atoms with van der Waals surface area (Å²) in [6.45, 7) is 3.05. The second-order valence-corrected chi connectivity index (χ2v) is 11.3. The van der Waals surface area contributed by atoms with Gasteiger partial charge in [-0.25, -0.2) is 0 Å². The normalized spacial score (nSPS) is 15.1. The Morgan fingerprint density at radius 2 is 1.86 bits per heavy atom. The van der Waals surface area contributed by atoms with Crippen molar-refractivity contribution in [1.29, 1.82) is 0 Å². The Morgan fingerprint density at radius 1 is 1.03 bits per heavy atom. The molecule has 1 aromatic heterocycles. The number of nitrogens with one attached hydrogen (secondary N) is 3. The van der Waals surface area contributed by atoms with Gasteiger partial charge in [0.1, 0.15) is 0 Å². The fourth-order valence-corrected chi connectivity index (χ4v) is 4.95. The molecule has 1 radical (unpaired) electrons. The van der Waals surface area contributed by atoms with E-state index in [9.17, 15) is 14.4 Å². The van der Waals surface area contributed by atoms with E-state index in [1.807, 2.05) is 48.5 Å². The van der Waals surface area contributed by atoms with Crippen LogP contribution < -0.4 is 16.0 Å². The second-order valence-electron chi connectivity index (χ2n) is 8.43. The molecule has 36 heavy (non-hydrogen) atoms. The standard InChI is InChI=1S/C27H28AsN4O4/c1-18(33)28-9-11-30-26(34)22-13-21(14-24(15-22)31-23-5-3-2-4-6-23)19-7-10-29-25(16-19)32-27(35)20-8-12-36-17-20/h2-7,10,13-16,20,31H,8-9,11-12,17H2,1H3,(H,30,34)(H,29,32,35). The molecular formula is C27H28AsN4O4. The van der Waals surface area contributed by atoms with Crippen LogP contribution in [-0.2, 0) is 14.3 Å². The first-order chi connectivity index (χ1) is 17.5. The third kappa shape index (κ3) is 7.26. The molecule has 1 fully saturated rings. The number of pyridine rings is 1. The molecule has 0 spiro atoms. The number of nitrogens with zero attached hydrogens (tertiary/aromatic N) is 1. The number of aromatic nitrogens is 1. The van der Waals surface area contributed by atoms with Crippen molar-refractivity contribution in [2.24, 2.45) is 5.92 Å². The molecule has 2 amide bonds. The van der Waals surface area contributed by atoms with E-state index in [-0.39, 0.29) is 22.3 Å². The first-order valence-electron chi connectivity index (χ1n) is 11.8. The minimum absolute atomic E-state index is 0.107. The van der Waals surface area contributed by atoms with E-state index in [2.05, 4.69) is 20.9 Å². The molecule has 185 valence electrons. The average molecular weight is 547 g/mol. The average Bonchev–Trinajstić information content (AvgIpc) is 3.42. The van der Waals surface area contributed by atoms with Gasteiger partial charge in [0.05, 0.1) is 12.5 Å². The molecule has 1 saturated heterocycles. The molecule has 0 saturated carbocycles. The van der Waals surface area contributed by atoms with Crippen molar-refractivity contribution in [3.05, 3.63) is 72.4 Å². The summed E-state index contributed by atoms with van der Waals surface area (Å²) in [6, 6.07) is 18.9. The molecule has 1 atom stereocenters. The van der Waals surface area contributed by atoms with E-state index in [0.717, 1.165) is 22.5 Å². The molecule has 3 aromatic rings. The van der Waals surface area contributed by atoms with E-state index in [4.69, 9.17) is 4.74 Å². The van der Waals surface area contributed by atoms with Gasteiger partial charge in [0.25, 0.3) is 0 Å². The van der Waals surface area contributed by atoms with E-state index in [1.165, 1.54) is 0 Å². The summed E-state index contributed by atoms with van der Waals surface area (Å²) in [5.41, 5.74) is 3.77. The van der Waals surface area contributed by atoms with Gasteiger partial charge < -0.3 is 4.74 Å². The van der Waals surface area contributed by atoms with Crippen molar-refractivity contribution in [3.63, 3.8) is 0 Å². The van der Waals surface area contributed by atoms with Gasteiger partial charge in [0, 0.05) is 6.61 Å². The van der Waals surface area contributed by atoms with Crippen LogP contribution in [0.25, 0.3) is 11.1 Å². The fraction of sp³-hybridized carbons (Fsp3) is 0.259. The maximum absolute atomic E-state index is 12.9. The van der Waals surface area contributed by atoms with E-state index in [1.54, 1.807) is 25.3 Å². The second kappa shape index (κ2) is 12.5. The van der Waals surface area contributed by atoms with E-state index in [0.29, 0.717) is 42.8 Å². The Labute approximate surface area is 216 Å². The Morgan fingerprint density at radius 3 is 2.61 bits per heavy atom. The molecular weight excluding hydrogens is 519 g/mol. The maximum atomic E-state index is 12.9. The van der Waals surface area contributed by atoms with Gasteiger partial charge >= 0.3 is 182 Å². The van der Waals surface area contributed by atoms with Crippen molar-refractivity contribution in [1.82, 2.24) is 10.3 Å². The van der Waals surface area contributed by atoms with Crippen LogP contribution >= 0.6 is 0 Å². The number of para-hydroxylation sites is 1. The Bertz CT molecular complexity index is 1230. The Kier molecular flexibility index (Phi) is 8.87. The quantitative estimate of drug-likeness (QED) is 0.263. The monoisotopic (exact) mass is 547 g/mol. The number of hydrogen-bond acceptors (Lipinski definition) is 6. The predicted octanol–water partition coefficient (Wildman–Crippen LogP) is 3.87. The summed E-state index contributed by atoms with van der Waals surface area (Å²) in [5.74, 6) is -0.0372. The number of ether oxygens (including phenoxy) is 1. The van der Waals surface area contributed by atoms with Gasteiger partial charge in [-0.2, -0.15) is 0 Å². The fourth-order valence-electron chi connectivity index (χ4n) is 3.82. The summed E-state index contributed by atoms with van der Waals surface area (Å²) in [7, 11) is 0. The first-order valence-corrected chi connectivity index (χ1v) is 14.0. The Balaban J connectivity index is 1.58. The molecule has 0 bridgehead atoms. The zero-order valence-corrected chi connectivity index (χ0v) is 21.9. The van der Waals surface area contributed by atoms with Crippen LogP contribution in [-0.4, -0.2) is 56.9 Å². The van der Waals surface area contributed by atoms with Gasteiger partial charge in [-0.05, 0) is 6.42 Å². The molecule has 0 aliphatic carbocycles. The zero-order valence-electron chi connectivity index (χ0n) is 20.0. The molecule has 1 unspecified atom stereocenters. The zero-order chi connectivity index (χ0) is 25.3. The van der Waals surface area contributed by atoms with Crippen molar-refractivity contribution < 1.29 is 19.1 Å². The van der Waals surface area contributed by atoms with Crippen LogP contribution in [0.3, 0.4) is 0 Å². The number of rotatable bonds is 10. The molecule has 1 aliphatic heterocycles. The third-order valence-electron chi connectivity index (χ3n) is 5.63. The minimum atomic E-state index is -0.406. The number of hydrogen-bond donors (Lipinski definition) is 3. The first kappa shape index (κ1) is 25.6. The van der Waals surface area contributed by atoms with Crippen molar-refractivity contribution in [2.75, 3.05) is 30.4 Å². The number of amides is 2. The molecule has 1 aliphatic rings. The van der Waals surface area contributed by atoms with Gasteiger partial charge in [-0.3, -0.25) is 4.79 Å². The number of anilines is 3. The van der Waals surface area contributed by atoms with Crippen molar-refractivity contribution in [2.45, 2.75) is 18.6 Å². The topological polar surface area (TPSA) is 109 Å². The molecule has 2 heterocycles. The van der Waals surface area contributed by atoms with Gasteiger partial charge in [0.2, 0.25) is 0 Å². The van der Waals surface area contributed by atoms with E-state index < -0.39 is 15.8 Å². The van der Waals surface area contributed by atoms with Crippen LogP contribution in [0.15, 0.2) is 66.9 Å². The molecule has 2 aromatic carbocycles. The van der Waals surface area contributed by atoms with Crippen LogP contribution in [0.2, 0.25) is 5.21 Å². The van der Waals surface area contributed by atoms with E-state index >= 15 is 0 Å². The summed E-state index contributed by atoms with van der Waals surface area (Å²) >= 11 is -0.406. The molecule has 9 heteroatoms. The van der Waals surface area contributed by atoms with Crippen LogP contribution in [0.4, 0.5) is 17.2 Å². The molecule has 4 rings (SSSR count). The van der Waals surface area contributed by atoms with Crippen LogP contribution in [0.5, 0.6) is 0 Å². The van der Waals surface area contributed by atoms with Crippen molar-refractivity contribution >= 4 is 49.3 Å². The Hall–Kier alpha value is -3.48. The van der Waals surface area contributed by atoms with Gasteiger partial charge in [-0.15, -0.1) is 0 Å². The van der Waals surface area contributed by atoms with Crippen molar-refractivity contribution in [3.8, 4) is 11.1 Å². The number of benzene rings is 2. The number of carbonyl (C=O) groups is 3. The van der Waals surface area contributed by atoms with Crippen LogP contribution in [0.1, 0.15) is 23.7 Å². The molecule has 3 N–H and O–H groups in total. The summed E-state index contributed by atoms with van der Waals surface area (Å²) in [4.78, 5) is 41.0.